The van der Waals surface area contributed by atoms with Crippen LogP contribution in [-0.4, -0.2) is 55.6 Å². The van der Waals surface area contributed by atoms with Gasteiger partial charge in [0.2, 0.25) is 0 Å². The maximum Gasteiger partial charge on any atom is 0.345 e. The van der Waals surface area contributed by atoms with Crippen LogP contribution in [0.2, 0.25) is 0 Å². The quantitative estimate of drug-likeness (QED) is 0.445. The van der Waals surface area contributed by atoms with E-state index < -0.39 is 11.5 Å². The standard InChI is InChI=1S/C7H8N2O3S.C4H9NO/c1-12-6(11)4-3-8-7(13-2)9-5(4)10;1-3-6-4-2-5-1/h3H,1-2H3,(H,8,9,10);5H,1-4H2. The van der Waals surface area contributed by atoms with Gasteiger partial charge in [0.15, 0.2) is 5.16 Å². The molecule has 0 atom stereocenters. The highest BCUT2D eigenvalue weighted by Gasteiger charge is 2.10. The van der Waals surface area contributed by atoms with E-state index in [4.69, 9.17) is 4.74 Å². The number of thioether (sulfide) groups is 1. The third-order valence-corrected chi connectivity index (χ3v) is 2.82. The molecule has 0 aliphatic carbocycles. The van der Waals surface area contributed by atoms with Gasteiger partial charge in [-0.25, -0.2) is 9.78 Å². The molecule has 0 unspecified atom stereocenters. The Balaban J connectivity index is 0.000000250. The minimum Gasteiger partial charge on any atom is -0.465 e. The summed E-state index contributed by atoms with van der Waals surface area (Å²) in [6.45, 7) is 3.83. The zero-order chi connectivity index (χ0) is 14.1. The Morgan fingerprint density at radius 1 is 1.47 bits per heavy atom. The number of hydrogen-bond donors (Lipinski definition) is 2. The van der Waals surface area contributed by atoms with E-state index in [2.05, 4.69) is 20.0 Å². The van der Waals surface area contributed by atoms with Crippen molar-refractivity contribution in [1.29, 1.82) is 0 Å². The van der Waals surface area contributed by atoms with Crippen LogP contribution in [0.15, 0.2) is 16.1 Å². The van der Waals surface area contributed by atoms with E-state index in [1.54, 1.807) is 6.26 Å². The molecule has 1 aliphatic rings. The molecule has 0 radical (unpaired) electrons. The second-order valence-corrected chi connectivity index (χ2v) is 4.28. The Kier molecular flexibility index (Phi) is 7.16. The van der Waals surface area contributed by atoms with Crippen molar-refractivity contribution in [3.63, 3.8) is 0 Å². The lowest BCUT2D eigenvalue weighted by molar-refractivity contribution is 0.0598. The summed E-state index contributed by atoms with van der Waals surface area (Å²) in [5.74, 6) is -0.679. The van der Waals surface area contributed by atoms with Crippen LogP contribution in [0.1, 0.15) is 10.4 Å². The van der Waals surface area contributed by atoms with Crippen LogP contribution >= 0.6 is 11.8 Å². The van der Waals surface area contributed by atoms with Gasteiger partial charge < -0.3 is 19.8 Å². The zero-order valence-corrected chi connectivity index (χ0v) is 11.7. The van der Waals surface area contributed by atoms with Gasteiger partial charge in [0.25, 0.3) is 5.56 Å². The van der Waals surface area contributed by atoms with Gasteiger partial charge in [-0.15, -0.1) is 0 Å². The summed E-state index contributed by atoms with van der Waals surface area (Å²) in [4.78, 5) is 28.4. The first-order valence-electron chi connectivity index (χ1n) is 5.69. The Labute approximate surface area is 115 Å². The number of carbonyl (C=O) groups is 1. The summed E-state index contributed by atoms with van der Waals surface area (Å²) in [6, 6.07) is 0. The summed E-state index contributed by atoms with van der Waals surface area (Å²) in [5.41, 5.74) is -0.563. The SMILES string of the molecule is C1COCCN1.COC(=O)c1cnc(SC)[nH]c1=O. The fraction of sp³-hybridized carbons (Fsp3) is 0.545. The molecule has 2 heterocycles. The zero-order valence-electron chi connectivity index (χ0n) is 10.9. The van der Waals surface area contributed by atoms with Crippen molar-refractivity contribution in [1.82, 2.24) is 15.3 Å². The first-order chi connectivity index (χ1) is 9.19. The van der Waals surface area contributed by atoms with Crippen molar-refractivity contribution in [3.05, 3.63) is 22.1 Å². The van der Waals surface area contributed by atoms with Crippen molar-refractivity contribution < 1.29 is 14.3 Å². The molecular formula is C11H17N3O4S. The minimum absolute atomic E-state index is 0.0831. The second-order valence-electron chi connectivity index (χ2n) is 3.49. The Bertz CT molecular complexity index is 448. The predicted molar refractivity (Wildman–Crippen MR) is 71.7 cm³/mol. The van der Waals surface area contributed by atoms with Crippen LogP contribution in [0.4, 0.5) is 0 Å². The van der Waals surface area contributed by atoms with E-state index in [1.165, 1.54) is 25.1 Å². The Morgan fingerprint density at radius 3 is 2.53 bits per heavy atom. The monoisotopic (exact) mass is 287 g/mol. The van der Waals surface area contributed by atoms with E-state index in [-0.39, 0.29) is 5.56 Å². The Morgan fingerprint density at radius 2 is 2.16 bits per heavy atom. The van der Waals surface area contributed by atoms with Gasteiger partial charge >= 0.3 is 5.97 Å². The number of aromatic amines is 1. The number of rotatable bonds is 2. The van der Waals surface area contributed by atoms with Gasteiger partial charge in [-0.3, -0.25) is 4.79 Å². The van der Waals surface area contributed by atoms with Gasteiger partial charge in [0.1, 0.15) is 5.56 Å². The molecule has 1 aliphatic heterocycles. The third-order valence-electron chi connectivity index (χ3n) is 2.22. The molecule has 1 aromatic rings. The highest BCUT2D eigenvalue weighted by molar-refractivity contribution is 7.98. The molecule has 19 heavy (non-hydrogen) atoms. The van der Waals surface area contributed by atoms with Gasteiger partial charge in [0.05, 0.1) is 20.3 Å². The van der Waals surface area contributed by atoms with Crippen molar-refractivity contribution in [2.24, 2.45) is 0 Å². The normalized spacial score (nSPS) is 14.2. The molecular weight excluding hydrogens is 270 g/mol. The van der Waals surface area contributed by atoms with Gasteiger partial charge in [0, 0.05) is 19.3 Å². The maximum atomic E-state index is 11.2. The first-order valence-corrected chi connectivity index (χ1v) is 6.91. The smallest absolute Gasteiger partial charge is 0.345 e. The lowest BCUT2D eigenvalue weighted by Crippen LogP contribution is -2.30. The van der Waals surface area contributed by atoms with Crippen LogP contribution < -0.4 is 10.9 Å². The number of methoxy groups -OCH3 is 1. The number of aromatic nitrogens is 2. The molecule has 1 aromatic heterocycles. The molecule has 8 heteroatoms. The summed E-state index contributed by atoms with van der Waals surface area (Å²) in [7, 11) is 1.21. The van der Waals surface area contributed by atoms with E-state index >= 15 is 0 Å². The second kappa shape index (κ2) is 8.68. The van der Waals surface area contributed by atoms with Crippen molar-refractivity contribution in [2.45, 2.75) is 5.16 Å². The van der Waals surface area contributed by atoms with E-state index in [9.17, 15) is 9.59 Å². The summed E-state index contributed by atoms with van der Waals surface area (Å²) in [5, 5.41) is 3.63. The van der Waals surface area contributed by atoms with E-state index in [0.29, 0.717) is 5.16 Å². The van der Waals surface area contributed by atoms with Crippen LogP contribution in [0.25, 0.3) is 0 Å². The molecule has 1 fully saturated rings. The van der Waals surface area contributed by atoms with Crippen molar-refractivity contribution in [3.8, 4) is 0 Å². The maximum absolute atomic E-state index is 11.2. The number of nitrogens with one attached hydrogen (secondary N) is 2. The molecule has 2 rings (SSSR count). The number of ether oxygens (including phenoxy) is 2. The van der Waals surface area contributed by atoms with E-state index in [1.807, 2.05) is 0 Å². The predicted octanol–water partition coefficient (Wildman–Crippen LogP) is -0.115. The van der Waals surface area contributed by atoms with Gasteiger partial charge in [-0.05, 0) is 6.26 Å². The molecule has 0 saturated carbocycles. The number of nitrogens with zero attached hydrogens (tertiary/aromatic N) is 1. The fourth-order valence-electron chi connectivity index (χ4n) is 1.25. The largest absolute Gasteiger partial charge is 0.465 e. The topological polar surface area (TPSA) is 93.3 Å². The average Bonchev–Trinajstić information content (AvgIpc) is 2.48. The lowest BCUT2D eigenvalue weighted by atomic mass is 10.3. The molecule has 0 spiro atoms. The average molecular weight is 287 g/mol. The number of esters is 1. The number of hydrogen-bond acceptors (Lipinski definition) is 7. The molecule has 0 aromatic carbocycles. The highest BCUT2D eigenvalue weighted by Crippen LogP contribution is 2.04. The van der Waals surface area contributed by atoms with Gasteiger partial charge in [-0.1, -0.05) is 11.8 Å². The molecule has 2 N–H and O–H groups in total. The Hall–Kier alpha value is -1.38. The van der Waals surface area contributed by atoms with Crippen LogP contribution in [-0.2, 0) is 9.47 Å². The van der Waals surface area contributed by atoms with Gasteiger partial charge in [-0.2, -0.15) is 0 Å². The van der Waals surface area contributed by atoms with Crippen molar-refractivity contribution >= 4 is 17.7 Å². The summed E-state index contributed by atoms with van der Waals surface area (Å²) in [6.07, 6.45) is 2.98. The molecule has 0 bridgehead atoms. The highest BCUT2D eigenvalue weighted by atomic mass is 32.2. The van der Waals surface area contributed by atoms with Crippen LogP contribution in [0.3, 0.4) is 0 Å². The molecule has 7 nitrogen and oxygen atoms in total. The molecule has 1 saturated heterocycles. The first kappa shape index (κ1) is 15.7. The van der Waals surface area contributed by atoms with Crippen molar-refractivity contribution in [2.75, 3.05) is 39.7 Å². The number of morpholine rings is 1. The van der Waals surface area contributed by atoms with Crippen LogP contribution in [0.5, 0.6) is 0 Å². The number of carbonyl (C=O) groups excluding carboxylic acids is 1. The van der Waals surface area contributed by atoms with Crippen LogP contribution in [0, 0.1) is 0 Å². The molecule has 0 amide bonds. The summed E-state index contributed by atoms with van der Waals surface area (Å²) >= 11 is 1.29. The molecule has 106 valence electrons. The lowest BCUT2D eigenvalue weighted by Gasteiger charge is -2.10. The summed E-state index contributed by atoms with van der Waals surface area (Å²) < 4.78 is 9.39. The third kappa shape index (κ3) is 5.41. The van der Waals surface area contributed by atoms with E-state index in [0.717, 1.165) is 26.3 Å². The minimum atomic E-state index is -0.679. The fourth-order valence-corrected chi connectivity index (χ4v) is 1.61. The number of H-pyrrole nitrogens is 1.